The third-order valence-electron chi connectivity index (χ3n) is 3.07. The van der Waals surface area contributed by atoms with E-state index in [2.05, 4.69) is 20.6 Å². The number of amides is 1. The average molecular weight is 328 g/mol. The summed E-state index contributed by atoms with van der Waals surface area (Å²) in [5, 5.41) is 10.4. The summed E-state index contributed by atoms with van der Waals surface area (Å²) in [6.07, 6.45) is -2.42. The number of rotatable bonds is 5. The zero-order valence-electron chi connectivity index (χ0n) is 12.5. The third-order valence-corrected chi connectivity index (χ3v) is 3.07. The molecule has 0 aliphatic heterocycles. The maximum atomic E-state index is 12.5. The minimum atomic E-state index is -4.45. The molecule has 0 aliphatic carbocycles. The van der Waals surface area contributed by atoms with Gasteiger partial charge in [0.15, 0.2) is 11.5 Å². The molecule has 2 aromatic heterocycles. The number of aromatic nitrogens is 4. The second-order valence-corrected chi connectivity index (χ2v) is 4.78. The van der Waals surface area contributed by atoms with Gasteiger partial charge in [0, 0.05) is 26.3 Å². The Balaban J connectivity index is 2.14. The Bertz CT molecular complexity index is 667. The zero-order valence-corrected chi connectivity index (χ0v) is 12.5. The van der Waals surface area contributed by atoms with E-state index in [4.69, 9.17) is 0 Å². The van der Waals surface area contributed by atoms with Crippen molar-refractivity contribution in [2.45, 2.75) is 6.18 Å². The van der Waals surface area contributed by atoms with E-state index in [1.807, 2.05) is 0 Å². The van der Waals surface area contributed by atoms with Crippen molar-refractivity contribution in [1.29, 1.82) is 0 Å². The molecular formula is C13H15F3N6O. The van der Waals surface area contributed by atoms with E-state index < -0.39 is 11.7 Å². The van der Waals surface area contributed by atoms with Crippen molar-refractivity contribution >= 4 is 5.91 Å². The Morgan fingerprint density at radius 3 is 2.70 bits per heavy atom. The topological polar surface area (TPSA) is 75.9 Å². The van der Waals surface area contributed by atoms with Crippen molar-refractivity contribution in [2.75, 3.05) is 27.2 Å². The standard InChI is InChI=1S/C13H15F3N6O/c1-17-5-6-21(2)12(23)10-8-22(20-19-10)11-4-3-9(7-18-11)13(14,15)16/h3-4,7-8,17H,5-6H2,1-2H3. The quantitative estimate of drug-likeness (QED) is 0.885. The van der Waals surface area contributed by atoms with Crippen LogP contribution in [0.4, 0.5) is 13.2 Å². The number of hydrogen-bond donors (Lipinski definition) is 1. The van der Waals surface area contributed by atoms with Crippen molar-refractivity contribution in [3.8, 4) is 5.82 Å². The van der Waals surface area contributed by atoms with E-state index in [9.17, 15) is 18.0 Å². The highest BCUT2D eigenvalue weighted by atomic mass is 19.4. The summed E-state index contributed by atoms with van der Waals surface area (Å²) < 4.78 is 38.6. The van der Waals surface area contributed by atoms with E-state index in [1.54, 1.807) is 14.1 Å². The lowest BCUT2D eigenvalue weighted by molar-refractivity contribution is -0.137. The number of pyridine rings is 1. The molecule has 124 valence electrons. The molecule has 1 N–H and O–H groups in total. The molecule has 10 heteroatoms. The second kappa shape index (κ2) is 6.73. The van der Waals surface area contributed by atoms with Crippen LogP contribution in [0, 0.1) is 0 Å². The summed E-state index contributed by atoms with van der Waals surface area (Å²) in [7, 11) is 3.39. The van der Waals surface area contributed by atoms with Crippen LogP contribution in [0.3, 0.4) is 0 Å². The number of likely N-dealkylation sites (N-methyl/N-ethyl adjacent to an activating group) is 2. The summed E-state index contributed by atoms with van der Waals surface area (Å²) >= 11 is 0. The molecule has 2 heterocycles. The fourth-order valence-electron chi connectivity index (χ4n) is 1.74. The lowest BCUT2D eigenvalue weighted by Crippen LogP contribution is -2.33. The summed E-state index contributed by atoms with van der Waals surface area (Å²) in [6.45, 7) is 1.11. The molecule has 23 heavy (non-hydrogen) atoms. The smallest absolute Gasteiger partial charge is 0.339 e. The van der Waals surface area contributed by atoms with E-state index in [0.717, 1.165) is 16.8 Å². The van der Waals surface area contributed by atoms with E-state index >= 15 is 0 Å². The minimum absolute atomic E-state index is 0.0882. The Morgan fingerprint density at radius 2 is 2.13 bits per heavy atom. The maximum absolute atomic E-state index is 12.5. The van der Waals surface area contributed by atoms with Gasteiger partial charge < -0.3 is 10.2 Å². The molecule has 2 aromatic rings. The SMILES string of the molecule is CNCCN(C)C(=O)c1cn(-c2ccc(C(F)(F)F)cn2)nn1. The molecule has 7 nitrogen and oxygen atoms in total. The molecule has 0 saturated carbocycles. The summed E-state index contributed by atoms with van der Waals surface area (Å²) in [5.41, 5.74) is -0.769. The number of alkyl halides is 3. The first-order chi connectivity index (χ1) is 10.8. The van der Waals surface area contributed by atoms with Crippen LogP contribution < -0.4 is 5.32 Å². The number of nitrogens with one attached hydrogen (secondary N) is 1. The predicted molar refractivity (Wildman–Crippen MR) is 75.0 cm³/mol. The number of carbonyl (C=O) groups is 1. The van der Waals surface area contributed by atoms with Gasteiger partial charge in [-0.3, -0.25) is 4.79 Å². The fraction of sp³-hybridized carbons (Fsp3) is 0.385. The summed E-state index contributed by atoms with van der Waals surface area (Å²) in [6, 6.07) is 2.06. The number of hydrogen-bond acceptors (Lipinski definition) is 5. The number of carbonyl (C=O) groups excluding carboxylic acids is 1. The molecule has 0 bridgehead atoms. The van der Waals surface area contributed by atoms with Gasteiger partial charge in [0.2, 0.25) is 0 Å². The van der Waals surface area contributed by atoms with Gasteiger partial charge in [-0.05, 0) is 19.2 Å². The second-order valence-electron chi connectivity index (χ2n) is 4.78. The highest BCUT2D eigenvalue weighted by molar-refractivity contribution is 5.91. The normalized spacial score (nSPS) is 11.5. The molecule has 2 rings (SSSR count). The van der Waals surface area contributed by atoms with Crippen LogP contribution in [-0.4, -0.2) is 58.0 Å². The van der Waals surface area contributed by atoms with Gasteiger partial charge in [-0.25, -0.2) is 9.67 Å². The molecule has 0 aliphatic rings. The van der Waals surface area contributed by atoms with Crippen molar-refractivity contribution in [2.24, 2.45) is 0 Å². The monoisotopic (exact) mass is 328 g/mol. The van der Waals surface area contributed by atoms with Crippen molar-refractivity contribution in [3.63, 3.8) is 0 Å². The van der Waals surface area contributed by atoms with Crippen LogP contribution in [-0.2, 0) is 6.18 Å². The lowest BCUT2D eigenvalue weighted by Gasteiger charge is -2.14. The molecular weight excluding hydrogens is 313 g/mol. The Labute approximate surface area is 130 Å². The summed E-state index contributed by atoms with van der Waals surface area (Å²) in [4.78, 5) is 17.2. The number of nitrogens with zero attached hydrogens (tertiary/aromatic N) is 5. The maximum Gasteiger partial charge on any atom is 0.417 e. The van der Waals surface area contributed by atoms with Gasteiger partial charge in [0.05, 0.1) is 11.8 Å². The lowest BCUT2D eigenvalue weighted by atomic mass is 10.3. The molecule has 0 saturated heterocycles. The van der Waals surface area contributed by atoms with Gasteiger partial charge >= 0.3 is 6.18 Å². The van der Waals surface area contributed by atoms with Gasteiger partial charge in [0.1, 0.15) is 0 Å². The first kappa shape index (κ1) is 16.9. The molecule has 0 radical (unpaired) electrons. The highest BCUT2D eigenvalue weighted by Crippen LogP contribution is 2.28. The van der Waals surface area contributed by atoms with Gasteiger partial charge in [-0.2, -0.15) is 13.2 Å². The van der Waals surface area contributed by atoms with Crippen LogP contribution in [0.25, 0.3) is 5.82 Å². The first-order valence-corrected chi connectivity index (χ1v) is 6.69. The van der Waals surface area contributed by atoms with Crippen LogP contribution in [0.15, 0.2) is 24.5 Å². The van der Waals surface area contributed by atoms with Gasteiger partial charge in [0.25, 0.3) is 5.91 Å². The highest BCUT2D eigenvalue weighted by Gasteiger charge is 2.30. The first-order valence-electron chi connectivity index (χ1n) is 6.69. The average Bonchev–Trinajstić information content (AvgIpc) is 3.01. The largest absolute Gasteiger partial charge is 0.417 e. The minimum Gasteiger partial charge on any atom is -0.339 e. The van der Waals surface area contributed by atoms with Crippen LogP contribution in [0.2, 0.25) is 0 Å². The zero-order chi connectivity index (χ0) is 17.0. The van der Waals surface area contributed by atoms with Crippen molar-refractivity contribution in [3.05, 3.63) is 35.8 Å². The van der Waals surface area contributed by atoms with Crippen molar-refractivity contribution < 1.29 is 18.0 Å². The molecule has 0 aromatic carbocycles. The molecule has 0 atom stereocenters. The molecule has 0 unspecified atom stereocenters. The predicted octanol–water partition coefficient (Wildman–Crippen LogP) is 0.973. The Hall–Kier alpha value is -2.49. The fourth-order valence-corrected chi connectivity index (χ4v) is 1.74. The Kier molecular flexibility index (Phi) is 4.94. The number of halogens is 3. The Morgan fingerprint density at radius 1 is 1.39 bits per heavy atom. The van der Waals surface area contributed by atoms with Gasteiger partial charge in [-0.15, -0.1) is 5.10 Å². The van der Waals surface area contributed by atoms with E-state index in [0.29, 0.717) is 19.3 Å². The van der Waals surface area contributed by atoms with Crippen molar-refractivity contribution in [1.82, 2.24) is 30.2 Å². The van der Waals surface area contributed by atoms with E-state index in [-0.39, 0.29) is 17.4 Å². The van der Waals surface area contributed by atoms with E-state index in [1.165, 1.54) is 11.1 Å². The molecule has 0 fully saturated rings. The third kappa shape index (κ3) is 4.03. The van der Waals surface area contributed by atoms with Crippen LogP contribution in [0.5, 0.6) is 0 Å². The van der Waals surface area contributed by atoms with Crippen LogP contribution >= 0.6 is 0 Å². The molecule has 1 amide bonds. The van der Waals surface area contributed by atoms with Gasteiger partial charge in [-0.1, -0.05) is 5.21 Å². The molecule has 0 spiro atoms. The summed E-state index contributed by atoms with van der Waals surface area (Å²) in [5.74, 6) is -0.194. The van der Waals surface area contributed by atoms with Crippen LogP contribution in [0.1, 0.15) is 16.1 Å².